The Morgan fingerprint density at radius 1 is 1.33 bits per heavy atom. The van der Waals surface area contributed by atoms with Crippen LogP contribution in [0, 0.1) is 17.7 Å². The summed E-state index contributed by atoms with van der Waals surface area (Å²) in [5, 5.41) is 3.16. The molecule has 4 heteroatoms. The van der Waals surface area contributed by atoms with Crippen molar-refractivity contribution in [1.82, 2.24) is 5.32 Å². The molecular formula is C14H13BFNO. The van der Waals surface area contributed by atoms with Crippen LogP contribution in [0.25, 0.3) is 0 Å². The van der Waals surface area contributed by atoms with Crippen molar-refractivity contribution in [2.45, 2.75) is 12.6 Å². The van der Waals surface area contributed by atoms with E-state index in [0.29, 0.717) is 23.6 Å². The fourth-order valence-electron chi connectivity index (χ4n) is 1.39. The summed E-state index contributed by atoms with van der Waals surface area (Å²) < 4.78 is 18.6. The van der Waals surface area contributed by atoms with Crippen molar-refractivity contribution in [1.29, 1.82) is 0 Å². The second-order valence-electron chi connectivity index (χ2n) is 3.99. The minimum absolute atomic E-state index is 0.184. The number of rotatable bonds is 5. The first-order valence-corrected chi connectivity index (χ1v) is 5.75. The van der Waals surface area contributed by atoms with Gasteiger partial charge in [-0.05, 0) is 6.07 Å². The van der Waals surface area contributed by atoms with Crippen LogP contribution in [0.15, 0.2) is 30.4 Å². The normalized spacial score (nSPS) is 13.2. The fourth-order valence-corrected chi connectivity index (χ4v) is 1.39. The van der Waals surface area contributed by atoms with Gasteiger partial charge in [-0.25, -0.2) is 4.39 Å². The SMILES string of the molecule is [B]c1ccc(F)c(COCC#CCNC2C=C2)c1. The van der Waals surface area contributed by atoms with Crippen LogP contribution in [0.3, 0.4) is 0 Å². The van der Waals surface area contributed by atoms with Crippen molar-refractivity contribution in [3.63, 3.8) is 0 Å². The van der Waals surface area contributed by atoms with Crippen molar-refractivity contribution in [2.75, 3.05) is 13.2 Å². The number of hydrogen-bond acceptors (Lipinski definition) is 2. The minimum Gasteiger partial charge on any atom is -0.364 e. The van der Waals surface area contributed by atoms with E-state index in [4.69, 9.17) is 12.6 Å². The van der Waals surface area contributed by atoms with Crippen molar-refractivity contribution < 1.29 is 9.13 Å². The largest absolute Gasteiger partial charge is 0.364 e. The molecule has 0 fully saturated rings. The lowest BCUT2D eigenvalue weighted by atomic mass is 9.94. The van der Waals surface area contributed by atoms with Crippen LogP contribution < -0.4 is 10.8 Å². The van der Waals surface area contributed by atoms with E-state index >= 15 is 0 Å². The van der Waals surface area contributed by atoms with E-state index < -0.39 is 0 Å². The maximum absolute atomic E-state index is 13.3. The van der Waals surface area contributed by atoms with Gasteiger partial charge in [0.2, 0.25) is 0 Å². The number of halogens is 1. The lowest BCUT2D eigenvalue weighted by Crippen LogP contribution is -2.17. The van der Waals surface area contributed by atoms with Crippen molar-refractivity contribution in [3.05, 3.63) is 41.7 Å². The topological polar surface area (TPSA) is 21.3 Å². The summed E-state index contributed by atoms with van der Waals surface area (Å²) in [7, 11) is 5.57. The summed E-state index contributed by atoms with van der Waals surface area (Å²) in [5.74, 6) is 5.47. The molecule has 1 aromatic rings. The van der Waals surface area contributed by atoms with Gasteiger partial charge in [0.25, 0.3) is 0 Å². The summed E-state index contributed by atoms with van der Waals surface area (Å²) in [5.41, 5.74) is 0.985. The van der Waals surface area contributed by atoms with Gasteiger partial charge in [-0.1, -0.05) is 41.6 Å². The summed E-state index contributed by atoms with van der Waals surface area (Å²) in [4.78, 5) is 0. The molecule has 1 aliphatic carbocycles. The van der Waals surface area contributed by atoms with Gasteiger partial charge in [-0.3, -0.25) is 5.32 Å². The van der Waals surface area contributed by atoms with Crippen molar-refractivity contribution in [3.8, 4) is 11.8 Å². The summed E-state index contributed by atoms with van der Waals surface area (Å²) in [6.45, 7) is 1.10. The molecule has 0 aliphatic heterocycles. The van der Waals surface area contributed by atoms with Gasteiger partial charge in [0.05, 0.1) is 13.2 Å². The molecule has 0 atom stereocenters. The molecule has 2 nitrogen and oxygen atoms in total. The van der Waals surface area contributed by atoms with E-state index in [-0.39, 0.29) is 19.0 Å². The Bertz CT molecular complexity index is 498. The molecule has 1 aromatic carbocycles. The number of ether oxygens (including phenoxy) is 1. The van der Waals surface area contributed by atoms with Gasteiger partial charge in [0, 0.05) is 11.6 Å². The molecule has 1 aliphatic rings. The van der Waals surface area contributed by atoms with Gasteiger partial charge >= 0.3 is 0 Å². The molecule has 0 bridgehead atoms. The maximum Gasteiger partial charge on any atom is 0.128 e. The van der Waals surface area contributed by atoms with Crippen LogP contribution >= 0.6 is 0 Å². The van der Waals surface area contributed by atoms with Crippen LogP contribution in [0.4, 0.5) is 4.39 Å². The van der Waals surface area contributed by atoms with Gasteiger partial charge in [0.1, 0.15) is 20.3 Å². The van der Waals surface area contributed by atoms with E-state index in [2.05, 4.69) is 29.3 Å². The Balaban J connectivity index is 1.66. The van der Waals surface area contributed by atoms with E-state index in [1.165, 1.54) is 12.1 Å². The van der Waals surface area contributed by atoms with Gasteiger partial charge in [-0.15, -0.1) is 0 Å². The zero-order valence-corrected chi connectivity index (χ0v) is 9.95. The lowest BCUT2D eigenvalue weighted by Gasteiger charge is -2.04. The van der Waals surface area contributed by atoms with Crippen LogP contribution in [0.2, 0.25) is 0 Å². The van der Waals surface area contributed by atoms with Crippen molar-refractivity contribution in [2.24, 2.45) is 0 Å². The Kier molecular flexibility index (Phi) is 4.57. The molecule has 0 saturated heterocycles. The first kappa shape index (κ1) is 12.9. The summed E-state index contributed by atoms with van der Waals surface area (Å²) in [6.07, 6.45) is 4.11. The van der Waals surface area contributed by atoms with Crippen LogP contribution in [0.5, 0.6) is 0 Å². The smallest absolute Gasteiger partial charge is 0.128 e. The van der Waals surface area contributed by atoms with Crippen LogP contribution in [-0.4, -0.2) is 27.0 Å². The Morgan fingerprint density at radius 3 is 2.94 bits per heavy atom. The average Bonchev–Trinajstić information content (AvgIpc) is 3.16. The molecule has 18 heavy (non-hydrogen) atoms. The molecule has 90 valence electrons. The van der Waals surface area contributed by atoms with E-state index in [1.54, 1.807) is 6.07 Å². The third-order valence-corrected chi connectivity index (χ3v) is 2.44. The lowest BCUT2D eigenvalue weighted by molar-refractivity contribution is 0.150. The van der Waals surface area contributed by atoms with E-state index in [9.17, 15) is 4.39 Å². The van der Waals surface area contributed by atoms with Gasteiger partial charge < -0.3 is 4.74 Å². The zero-order valence-electron chi connectivity index (χ0n) is 9.95. The third kappa shape index (κ3) is 4.36. The monoisotopic (exact) mass is 241 g/mol. The van der Waals surface area contributed by atoms with E-state index in [0.717, 1.165) is 0 Å². The second-order valence-corrected chi connectivity index (χ2v) is 3.99. The molecule has 2 radical (unpaired) electrons. The molecule has 1 N–H and O–H groups in total. The number of benzene rings is 1. The first-order chi connectivity index (χ1) is 8.75. The van der Waals surface area contributed by atoms with Crippen LogP contribution in [-0.2, 0) is 11.3 Å². The average molecular weight is 241 g/mol. The molecule has 0 amide bonds. The molecule has 0 unspecified atom stereocenters. The molecule has 0 aromatic heterocycles. The predicted molar refractivity (Wildman–Crippen MR) is 70.2 cm³/mol. The molecule has 0 saturated carbocycles. The molecule has 0 spiro atoms. The quantitative estimate of drug-likeness (QED) is 0.354. The fraction of sp³-hybridized carbons (Fsp3) is 0.286. The number of nitrogens with one attached hydrogen (secondary N) is 1. The molecule has 0 heterocycles. The highest BCUT2D eigenvalue weighted by atomic mass is 19.1. The summed E-state index contributed by atoms with van der Waals surface area (Å²) >= 11 is 0. The van der Waals surface area contributed by atoms with Crippen molar-refractivity contribution >= 4 is 13.3 Å². The number of hydrogen-bond donors (Lipinski definition) is 1. The molecular weight excluding hydrogens is 228 g/mol. The standard InChI is InChI=1S/C14H13BFNO/c15-12-3-6-14(16)11(9-12)10-18-8-2-1-7-17-13-4-5-13/h3-6,9,13,17H,7-8,10H2. The van der Waals surface area contributed by atoms with Gasteiger partial charge in [-0.2, -0.15) is 0 Å². The maximum atomic E-state index is 13.3. The zero-order chi connectivity index (χ0) is 12.8. The van der Waals surface area contributed by atoms with Gasteiger partial charge in [0.15, 0.2) is 0 Å². The van der Waals surface area contributed by atoms with E-state index in [1.807, 2.05) is 0 Å². The highest BCUT2D eigenvalue weighted by Gasteiger charge is 2.06. The predicted octanol–water partition coefficient (Wildman–Crippen LogP) is 0.667. The second kappa shape index (κ2) is 6.39. The first-order valence-electron chi connectivity index (χ1n) is 5.75. The highest BCUT2D eigenvalue weighted by molar-refractivity contribution is 6.32. The Labute approximate surface area is 108 Å². The highest BCUT2D eigenvalue weighted by Crippen LogP contribution is 2.05. The van der Waals surface area contributed by atoms with Crippen LogP contribution in [0.1, 0.15) is 5.56 Å². The summed E-state index contributed by atoms with van der Waals surface area (Å²) in [6, 6.07) is 4.85. The third-order valence-electron chi connectivity index (χ3n) is 2.44. The Morgan fingerprint density at radius 2 is 2.17 bits per heavy atom. The minimum atomic E-state index is -0.307. The molecule has 2 rings (SSSR count). The Hall–Kier alpha value is -1.57.